The summed E-state index contributed by atoms with van der Waals surface area (Å²) in [5.74, 6) is 0.837. The number of aromatic amines is 1. The van der Waals surface area contributed by atoms with Gasteiger partial charge in [0, 0.05) is 18.0 Å². The molecule has 4 atom stereocenters. The molecule has 3 N–H and O–H groups in total. The van der Waals surface area contributed by atoms with Crippen LogP contribution in [0.25, 0.3) is 10.9 Å². The Labute approximate surface area is 369 Å². The van der Waals surface area contributed by atoms with E-state index in [1.807, 2.05) is 12.3 Å². The molecule has 14 heteroatoms. The van der Waals surface area contributed by atoms with Crippen molar-refractivity contribution in [3.63, 3.8) is 0 Å². The van der Waals surface area contributed by atoms with Crippen LogP contribution in [0.5, 0.6) is 5.75 Å². The van der Waals surface area contributed by atoms with Crippen molar-refractivity contribution in [2.75, 3.05) is 55.9 Å². The van der Waals surface area contributed by atoms with E-state index in [1.54, 1.807) is 4.90 Å². The van der Waals surface area contributed by atoms with E-state index in [4.69, 9.17) is 15.5 Å². The van der Waals surface area contributed by atoms with Crippen molar-refractivity contribution in [2.24, 2.45) is 17.1 Å². The summed E-state index contributed by atoms with van der Waals surface area (Å²) in [6.45, 7) is 8.36. The summed E-state index contributed by atoms with van der Waals surface area (Å²) in [6.07, 6.45) is 11.7. The number of rotatable bonds is 11. The molecule has 11 rings (SSSR count). The summed E-state index contributed by atoms with van der Waals surface area (Å²) >= 11 is -1.15. The van der Waals surface area contributed by atoms with Gasteiger partial charge in [0.05, 0.1) is 11.7 Å². The van der Waals surface area contributed by atoms with Crippen LogP contribution >= 0.6 is 19.8 Å². The van der Waals surface area contributed by atoms with E-state index in [9.17, 15) is 14.4 Å². The zero-order chi connectivity index (χ0) is 42.5. The number of pyridine rings is 1. The number of nitrogens with two attached hydrogens (primary N) is 1. The predicted molar refractivity (Wildman–Crippen MR) is 246 cm³/mol. The molecule has 2 amide bonds. The van der Waals surface area contributed by atoms with Gasteiger partial charge in [0.15, 0.2) is 0 Å². The first kappa shape index (κ1) is 40.5. The minimum atomic E-state index is -1.15. The van der Waals surface area contributed by atoms with Crippen LogP contribution in [0, 0.1) is 11.3 Å². The fraction of sp³-hybridized carbons (Fsp3) is 0.562. The molecule has 62 heavy (non-hydrogen) atoms. The average Bonchev–Trinajstić information content (AvgIpc) is 3.62. The third kappa shape index (κ3) is 7.24. The standard InChI is InChI=1S/C48H58FIN8O4/c1-29-17-37-35(4-6-39-38(37)25-53-54-39)45(58(29)28-48(49)9-10-48)40-5-3-33(24-52-40)55-14-11-47(12-15-55)20-31(21-47)22-50-13-16-56-34(23-50)27-62-43-19-36-32(18-42(43)56)26-57(46(36)61)41(30(2)59)7-8-44(51)60/h3-6,18-19,24-25,29,31,34,41,45H,7-17,20-23,26-28H2,1-2H3,(H2,51,60)(H,53,54)/t29-,34+,41-,45+/m1/s1. The van der Waals surface area contributed by atoms with Gasteiger partial charge in [0.2, 0.25) is 0 Å². The second-order valence-corrected chi connectivity index (χ2v) is 25.8. The van der Waals surface area contributed by atoms with Crippen molar-refractivity contribution in [1.82, 2.24) is 25.0 Å². The Morgan fingerprint density at radius 1 is 1.08 bits per heavy atom. The van der Waals surface area contributed by atoms with Crippen LogP contribution in [0.15, 0.2) is 48.8 Å². The van der Waals surface area contributed by atoms with Gasteiger partial charge in [-0.15, -0.1) is 0 Å². The molecule has 7 heterocycles. The maximum atomic E-state index is 15.4. The van der Waals surface area contributed by atoms with Crippen LogP contribution in [0.3, 0.4) is 0 Å². The van der Waals surface area contributed by atoms with Crippen molar-refractivity contribution in [3.05, 3.63) is 76.7 Å². The summed E-state index contributed by atoms with van der Waals surface area (Å²) in [5, 5.41) is 8.63. The van der Waals surface area contributed by atoms with Crippen LogP contribution in [0.1, 0.15) is 104 Å². The van der Waals surface area contributed by atoms with Crippen molar-refractivity contribution in [2.45, 2.75) is 108 Å². The summed E-state index contributed by atoms with van der Waals surface area (Å²) in [5.41, 5.74) is 13.1. The van der Waals surface area contributed by atoms with Crippen LogP contribution < -0.4 is 20.3 Å². The van der Waals surface area contributed by atoms with Gasteiger partial charge in [-0.1, -0.05) is 6.07 Å². The van der Waals surface area contributed by atoms with E-state index in [-0.39, 0.29) is 36.6 Å². The number of piperidine rings is 1. The number of hydrogen-bond donors (Lipinski definition) is 2. The zero-order valence-electron chi connectivity index (χ0n) is 35.9. The van der Waals surface area contributed by atoms with Gasteiger partial charge in [0.25, 0.3) is 0 Å². The van der Waals surface area contributed by atoms with Gasteiger partial charge in [-0.05, 0) is 43.4 Å². The molecule has 4 fully saturated rings. The number of nitrogens with zero attached hydrogens (tertiary/aromatic N) is 6. The summed E-state index contributed by atoms with van der Waals surface area (Å²) in [6, 6.07) is 12.6. The Bertz CT molecular complexity index is 2420. The second kappa shape index (κ2) is 15.4. The monoisotopic (exact) mass is 956 g/mol. The number of aromatic nitrogens is 3. The second-order valence-electron chi connectivity index (χ2n) is 19.7. The molecule has 2 saturated heterocycles. The number of H-pyrrole nitrogens is 1. The molecule has 5 aliphatic heterocycles. The average molecular weight is 957 g/mol. The number of benzene rings is 2. The van der Waals surface area contributed by atoms with E-state index in [0.717, 1.165) is 65.6 Å². The quantitative estimate of drug-likeness (QED) is 0.123. The first-order valence-corrected chi connectivity index (χ1v) is 27.3. The Hall–Kier alpha value is -4.31. The van der Waals surface area contributed by atoms with E-state index < -0.39 is 37.4 Å². The molecule has 0 unspecified atom stereocenters. The number of alkyl halides is 4. The third-order valence-electron chi connectivity index (χ3n) is 15.5. The van der Waals surface area contributed by atoms with Gasteiger partial charge >= 0.3 is 257 Å². The molecule has 328 valence electrons. The van der Waals surface area contributed by atoms with Crippen LogP contribution in [0.4, 0.5) is 15.8 Å². The van der Waals surface area contributed by atoms with Gasteiger partial charge < -0.3 is 5.73 Å². The third-order valence-corrected chi connectivity index (χ3v) is 22.3. The molecule has 2 aromatic carbocycles. The number of ether oxygens (including phenoxy) is 1. The number of nitrogens with one attached hydrogen (secondary N) is 1. The summed E-state index contributed by atoms with van der Waals surface area (Å²) in [4.78, 5) is 51.6. The normalized spacial score (nSPS) is 26.0. The van der Waals surface area contributed by atoms with E-state index in [1.165, 1.54) is 62.7 Å². The SMILES string of the molecule is CC(=O)[C@@H](CCC(N)=O)N1Cc2cc3c(cc2C1=O)OC[C@@H]1CI(CC2CC4(CCN(c5ccc([C@@H]6c7ccc8[nH]ncc8c7C[C@@H](C)N6CC6(F)CC6)nc5)CC4)C2)CCN31. The van der Waals surface area contributed by atoms with Gasteiger partial charge in [-0.2, -0.15) is 5.10 Å². The number of carbonyl (C=O) groups excluding carboxylic acids is 3. The number of carbonyl (C=O) groups is 3. The molecule has 2 aliphatic carbocycles. The van der Waals surface area contributed by atoms with Gasteiger partial charge in [-0.25, -0.2) is 4.39 Å². The molecule has 7 aliphatic rings. The van der Waals surface area contributed by atoms with Crippen molar-refractivity contribution >= 4 is 59.7 Å². The van der Waals surface area contributed by atoms with Crippen molar-refractivity contribution < 1.29 is 23.5 Å². The molecule has 0 radical (unpaired) electrons. The van der Waals surface area contributed by atoms with Crippen LogP contribution in [-0.4, -0.2) is 112 Å². The maximum absolute atomic E-state index is 15.4. The first-order chi connectivity index (χ1) is 29.9. The minimum absolute atomic E-state index is 0.0667. The number of fused-ring (bicyclic) bond motifs is 7. The Kier molecular flexibility index (Phi) is 10.1. The van der Waals surface area contributed by atoms with E-state index >= 15 is 4.39 Å². The molecule has 2 saturated carbocycles. The fourth-order valence-electron chi connectivity index (χ4n) is 12.0. The van der Waals surface area contributed by atoms with E-state index in [2.05, 4.69) is 68.3 Å². The zero-order valence-corrected chi connectivity index (χ0v) is 38.0. The van der Waals surface area contributed by atoms with Crippen molar-refractivity contribution in [1.29, 1.82) is 0 Å². The predicted octanol–water partition coefficient (Wildman–Crippen LogP) is 6.76. The number of hydrogen-bond acceptors (Lipinski definition) is 9. The summed E-state index contributed by atoms with van der Waals surface area (Å²) in [7, 11) is 0. The Morgan fingerprint density at radius 3 is 2.65 bits per heavy atom. The molecule has 2 aromatic heterocycles. The molecular weight excluding hydrogens is 898 g/mol. The fourth-order valence-corrected chi connectivity index (χ4v) is 19.0. The van der Waals surface area contributed by atoms with Crippen LogP contribution in [-0.2, 0) is 22.6 Å². The number of anilines is 2. The Balaban J connectivity index is 0.691. The van der Waals surface area contributed by atoms with Crippen LogP contribution in [0.2, 0.25) is 0 Å². The molecule has 12 nitrogen and oxygen atoms in total. The molecular formula is C48H58FIN8O4. The van der Waals surface area contributed by atoms with Gasteiger partial charge in [0.1, 0.15) is 5.67 Å². The van der Waals surface area contributed by atoms with E-state index in [0.29, 0.717) is 49.6 Å². The first-order valence-electron chi connectivity index (χ1n) is 22.8. The molecule has 1 spiro atoms. The number of halogens is 2. The number of ketones is 1. The molecule has 4 aromatic rings. The van der Waals surface area contributed by atoms with Gasteiger partial charge in [-0.3, -0.25) is 14.8 Å². The summed E-state index contributed by atoms with van der Waals surface area (Å²) < 4.78 is 25.8. The topological polar surface area (TPSA) is 141 Å². The number of Topliss-reactive ketones (excluding diaryl/α,β-unsaturated/α-hetero) is 1. The molecule has 0 bridgehead atoms. The van der Waals surface area contributed by atoms with Crippen molar-refractivity contribution in [3.8, 4) is 5.75 Å². The Morgan fingerprint density at radius 2 is 1.90 bits per heavy atom. The number of primary amides is 1. The number of amides is 2.